The number of rotatable bonds is 10. The summed E-state index contributed by atoms with van der Waals surface area (Å²) >= 11 is 3.48. The highest BCUT2D eigenvalue weighted by Gasteiger charge is 2.17. The van der Waals surface area contributed by atoms with Gasteiger partial charge in [-0.2, -0.15) is 0 Å². The minimum atomic E-state index is -1.44. The van der Waals surface area contributed by atoms with Crippen LogP contribution in [-0.4, -0.2) is 56.2 Å². The largest absolute Gasteiger partial charge is 0.488 e. The third kappa shape index (κ3) is 12.5. The topological polar surface area (TPSA) is 128 Å². The molecule has 91 heavy (non-hydrogen) atoms. The minimum Gasteiger partial charge on any atom is -0.423 e. The lowest BCUT2D eigenvalue weighted by atomic mass is 9.80. The quantitative estimate of drug-likeness (QED) is 0.130. The highest BCUT2D eigenvalue weighted by atomic mass is 79.9. The summed E-state index contributed by atoms with van der Waals surface area (Å²) in [5.74, 6) is 1.38. The lowest BCUT2D eigenvalue weighted by Crippen LogP contribution is -2.29. The van der Waals surface area contributed by atoms with E-state index < -0.39 is 7.12 Å². The highest BCUT2D eigenvalue weighted by Crippen LogP contribution is 2.36. The predicted molar refractivity (Wildman–Crippen MR) is 377 cm³/mol. The molecule has 0 aliphatic carbocycles. The van der Waals surface area contributed by atoms with Crippen molar-refractivity contribution in [2.75, 3.05) is 0 Å². The van der Waals surface area contributed by atoms with Crippen LogP contribution in [0.3, 0.4) is 0 Å². The standard InChI is InChI=1S/C39H26N4.C21H14BrN3.C18H14BNO2.CH4/c1-2-10-30(11-3-1)39-41-35(26-36(42-39)34-14-8-9-25-40-34)29-19-17-27(18-20-29)28-21-23-31(24-22-28)43-37-15-6-4-12-32(37)33-13-5-7-16-38(33)43;22-17-11-9-15(10-12-17)19-14-20(18-8-4-5-13-23-18)25-21(24-19)16-6-2-1-3-7-16;21-19(22)13-9-11-14(12-10-13)20-17-7-3-1-5-15(17)16-6-2-4-8-18(16)20;/h1-26H;1-14H;1-12,21-22H;1H4. The summed E-state index contributed by atoms with van der Waals surface area (Å²) < 4.78 is 5.58. The summed E-state index contributed by atoms with van der Waals surface area (Å²) in [6.07, 6.45) is 3.57. The number of nitrogens with zero attached hydrogens (tertiary/aromatic N) is 8. The van der Waals surface area contributed by atoms with Gasteiger partial charge in [-0.15, -0.1) is 0 Å². The molecular formula is C79H58BBrN8O2. The molecule has 0 aliphatic heterocycles. The Bertz CT molecular complexity index is 4910. The van der Waals surface area contributed by atoms with Crippen molar-refractivity contribution in [3.63, 3.8) is 0 Å². The maximum Gasteiger partial charge on any atom is 0.488 e. The molecular weight excluding hydrogens is 1180 g/mol. The van der Waals surface area contributed by atoms with Gasteiger partial charge < -0.3 is 19.2 Å². The Balaban J connectivity index is 0.000000135. The van der Waals surface area contributed by atoms with Crippen molar-refractivity contribution in [2.24, 2.45) is 0 Å². The summed E-state index contributed by atoms with van der Waals surface area (Å²) in [4.78, 5) is 28.3. The first-order valence-corrected chi connectivity index (χ1v) is 30.3. The number of benzene rings is 10. The van der Waals surface area contributed by atoms with E-state index in [0.29, 0.717) is 17.1 Å². The number of hydrogen-bond acceptors (Lipinski definition) is 8. The van der Waals surface area contributed by atoms with E-state index in [0.717, 1.165) is 94.4 Å². The second kappa shape index (κ2) is 26.6. The summed E-state index contributed by atoms with van der Waals surface area (Å²) in [5.41, 5.74) is 18.7. The second-order valence-corrected chi connectivity index (χ2v) is 22.3. The van der Waals surface area contributed by atoms with Crippen LogP contribution in [0.25, 0.3) is 134 Å². The van der Waals surface area contributed by atoms with E-state index in [1.807, 2.05) is 170 Å². The first-order valence-electron chi connectivity index (χ1n) is 29.5. The van der Waals surface area contributed by atoms with E-state index in [1.54, 1.807) is 24.5 Å². The SMILES string of the molecule is Brc1ccc(-c2cc(-c3ccccn3)nc(-c3ccccc3)n2)cc1.C.OB(O)c1ccc(-n2c3ccccc3c3ccccc32)cc1.c1ccc(-c2nc(-c3ccc(-c4ccc(-n5c6ccccc6c6ccccc65)cc4)cc3)cc(-c3ccccn3)n2)cc1. The molecule has 12 heteroatoms. The Morgan fingerprint density at radius 3 is 0.978 bits per heavy atom. The number of aromatic nitrogens is 8. The van der Waals surface area contributed by atoms with Gasteiger partial charge in [0.1, 0.15) is 0 Å². The van der Waals surface area contributed by atoms with E-state index >= 15 is 0 Å². The average molecular weight is 1240 g/mol. The molecule has 10 aromatic carbocycles. The van der Waals surface area contributed by atoms with Crippen LogP contribution in [0.2, 0.25) is 0 Å². The Kier molecular flexibility index (Phi) is 17.2. The van der Waals surface area contributed by atoms with E-state index in [9.17, 15) is 10.0 Å². The summed E-state index contributed by atoms with van der Waals surface area (Å²) in [6.45, 7) is 0. The van der Waals surface area contributed by atoms with Crippen LogP contribution >= 0.6 is 15.9 Å². The molecule has 0 bridgehead atoms. The lowest BCUT2D eigenvalue weighted by molar-refractivity contribution is 0.426. The molecule has 0 aliphatic rings. The van der Waals surface area contributed by atoms with Gasteiger partial charge in [-0.25, -0.2) is 19.9 Å². The first-order chi connectivity index (χ1) is 44.4. The Hall–Kier alpha value is -11.3. The highest BCUT2D eigenvalue weighted by molar-refractivity contribution is 9.10. The van der Waals surface area contributed by atoms with Crippen molar-refractivity contribution >= 4 is 72.1 Å². The van der Waals surface area contributed by atoms with Gasteiger partial charge in [0, 0.05) is 72.0 Å². The molecule has 0 atom stereocenters. The molecule has 16 aromatic rings. The van der Waals surface area contributed by atoms with Crippen LogP contribution in [0, 0.1) is 0 Å². The molecule has 0 amide bonds. The van der Waals surface area contributed by atoms with Crippen LogP contribution < -0.4 is 5.46 Å². The zero-order valence-electron chi connectivity index (χ0n) is 48.4. The number of hydrogen-bond donors (Lipinski definition) is 2. The van der Waals surface area contributed by atoms with E-state index in [4.69, 9.17) is 19.9 Å². The van der Waals surface area contributed by atoms with Crippen molar-refractivity contribution in [1.82, 2.24) is 39.0 Å². The van der Waals surface area contributed by atoms with Gasteiger partial charge in [0.15, 0.2) is 11.6 Å². The molecule has 6 aromatic heterocycles. The first kappa shape index (κ1) is 58.7. The number of pyridine rings is 2. The predicted octanol–water partition coefficient (Wildman–Crippen LogP) is 18.4. The molecule has 6 heterocycles. The minimum absolute atomic E-state index is 0. The maximum atomic E-state index is 9.24. The van der Waals surface area contributed by atoms with Crippen LogP contribution in [0.4, 0.5) is 0 Å². The molecule has 16 rings (SSSR count). The van der Waals surface area contributed by atoms with Crippen LogP contribution in [0.5, 0.6) is 0 Å². The third-order valence-electron chi connectivity index (χ3n) is 15.8. The molecule has 0 radical (unpaired) electrons. The van der Waals surface area contributed by atoms with Gasteiger partial charge in [0.2, 0.25) is 0 Å². The molecule has 0 saturated carbocycles. The monoisotopic (exact) mass is 1240 g/mol. The van der Waals surface area contributed by atoms with Crippen molar-refractivity contribution in [1.29, 1.82) is 0 Å². The van der Waals surface area contributed by atoms with Crippen LogP contribution in [0.15, 0.2) is 320 Å². The Morgan fingerprint density at radius 2 is 0.604 bits per heavy atom. The van der Waals surface area contributed by atoms with Gasteiger partial charge >= 0.3 is 7.12 Å². The normalized spacial score (nSPS) is 10.9. The third-order valence-corrected chi connectivity index (χ3v) is 16.3. The molecule has 2 N–H and O–H groups in total. The Labute approximate surface area is 536 Å². The van der Waals surface area contributed by atoms with E-state index in [2.05, 4.69) is 156 Å². The fraction of sp³-hybridized carbons (Fsp3) is 0.0127. The summed E-state index contributed by atoms with van der Waals surface area (Å²) in [6, 6.07) is 102. The molecule has 0 fully saturated rings. The number of para-hydroxylation sites is 4. The molecule has 10 nitrogen and oxygen atoms in total. The zero-order chi connectivity index (χ0) is 60.8. The Morgan fingerprint density at radius 1 is 0.286 bits per heavy atom. The van der Waals surface area contributed by atoms with Crippen molar-refractivity contribution in [2.45, 2.75) is 7.43 Å². The lowest BCUT2D eigenvalue weighted by Gasteiger charge is -2.11. The smallest absolute Gasteiger partial charge is 0.423 e. The van der Waals surface area contributed by atoms with Gasteiger partial charge in [-0.1, -0.05) is 230 Å². The maximum absolute atomic E-state index is 9.24. The van der Waals surface area contributed by atoms with E-state index in [-0.39, 0.29) is 7.43 Å². The number of halogens is 1. The van der Waals surface area contributed by atoms with Gasteiger partial charge in [0.05, 0.1) is 56.2 Å². The molecule has 0 saturated heterocycles. The van der Waals surface area contributed by atoms with Gasteiger partial charge in [-0.05, 0) is 114 Å². The summed E-state index contributed by atoms with van der Waals surface area (Å²) in [7, 11) is -1.44. The number of fused-ring (bicyclic) bond motifs is 6. The zero-order valence-corrected chi connectivity index (χ0v) is 50.0. The fourth-order valence-corrected chi connectivity index (χ4v) is 11.6. The van der Waals surface area contributed by atoms with Crippen molar-refractivity contribution in [3.8, 4) is 90.6 Å². The molecule has 0 spiro atoms. The fourth-order valence-electron chi connectivity index (χ4n) is 11.4. The van der Waals surface area contributed by atoms with Crippen LogP contribution in [0.1, 0.15) is 7.43 Å². The van der Waals surface area contributed by atoms with Gasteiger partial charge in [-0.3, -0.25) is 9.97 Å². The van der Waals surface area contributed by atoms with Crippen LogP contribution in [-0.2, 0) is 0 Å². The van der Waals surface area contributed by atoms with Crippen molar-refractivity contribution in [3.05, 3.63) is 320 Å². The van der Waals surface area contributed by atoms with Crippen molar-refractivity contribution < 1.29 is 10.0 Å². The molecule has 436 valence electrons. The van der Waals surface area contributed by atoms with E-state index in [1.165, 1.54) is 32.6 Å². The van der Waals surface area contributed by atoms with Gasteiger partial charge in [0.25, 0.3) is 0 Å². The molecule has 0 unspecified atom stereocenters. The summed E-state index contributed by atoms with van der Waals surface area (Å²) in [5, 5.41) is 23.4. The average Bonchev–Trinajstić information content (AvgIpc) is 1.64. The second-order valence-electron chi connectivity index (χ2n) is 21.4.